The molecule has 1 N–H and O–H groups in total. The number of alkyl halides is 3. The number of para-hydroxylation sites is 1. The predicted molar refractivity (Wildman–Crippen MR) is 157 cm³/mol. The Morgan fingerprint density at radius 1 is 1.02 bits per heavy atom. The zero-order valence-electron chi connectivity index (χ0n) is 24.5. The molecule has 0 spiro atoms. The van der Waals surface area contributed by atoms with E-state index in [0.29, 0.717) is 33.8 Å². The Bertz CT molecular complexity index is 1660. The van der Waals surface area contributed by atoms with Gasteiger partial charge in [-0.2, -0.15) is 18.3 Å². The maximum atomic E-state index is 13.8. The summed E-state index contributed by atoms with van der Waals surface area (Å²) in [4.78, 5) is 31.5. The fraction of sp³-hybridized carbons (Fsp3) is 0.312. The Labute approximate surface area is 252 Å². The Morgan fingerprint density at radius 3 is 2.34 bits per heavy atom. The van der Waals surface area contributed by atoms with Gasteiger partial charge in [0.2, 0.25) is 0 Å². The van der Waals surface area contributed by atoms with Gasteiger partial charge in [0, 0.05) is 32.7 Å². The summed E-state index contributed by atoms with van der Waals surface area (Å²) in [7, 11) is 3.52. The minimum Gasteiger partial charge on any atom is -0.488 e. The number of hydrogen-bond acceptors (Lipinski definition) is 5. The molecule has 0 radical (unpaired) electrons. The van der Waals surface area contributed by atoms with Gasteiger partial charge >= 0.3 is 18.2 Å². The number of piperidine rings is 1. The SMILES string of the molecule is Cc1cccc(-c2cccc(-n3ncc(C(=O)O)c3C(F)(F)F)n2)c1OCc1ccc(C2CCN(C(=O)N(C)C)CC2)cc1. The van der Waals surface area contributed by atoms with Crippen molar-refractivity contribution < 1.29 is 32.6 Å². The summed E-state index contributed by atoms with van der Waals surface area (Å²) in [5.41, 5.74) is 1.52. The number of carboxylic acid groups (broad SMARTS) is 1. The highest BCUT2D eigenvalue weighted by atomic mass is 19.4. The van der Waals surface area contributed by atoms with E-state index in [1.165, 1.54) is 17.7 Å². The van der Waals surface area contributed by atoms with Crippen LogP contribution in [0.1, 0.15) is 51.5 Å². The average Bonchev–Trinajstić information content (AvgIpc) is 3.47. The number of benzene rings is 2. The number of carbonyl (C=O) groups excluding carboxylic acids is 1. The van der Waals surface area contributed by atoms with Crippen LogP contribution in [0.15, 0.2) is 66.9 Å². The van der Waals surface area contributed by atoms with Crippen molar-refractivity contribution >= 4 is 12.0 Å². The number of nitrogens with zero attached hydrogens (tertiary/aromatic N) is 5. The lowest BCUT2D eigenvalue weighted by atomic mass is 9.89. The number of rotatable bonds is 7. The molecule has 1 saturated heterocycles. The summed E-state index contributed by atoms with van der Waals surface area (Å²) in [5, 5.41) is 12.9. The molecule has 1 aliphatic heterocycles. The van der Waals surface area contributed by atoms with Gasteiger partial charge in [0.1, 0.15) is 17.9 Å². The van der Waals surface area contributed by atoms with Gasteiger partial charge in [0.25, 0.3) is 0 Å². The van der Waals surface area contributed by atoms with Crippen LogP contribution in [0, 0.1) is 6.92 Å². The highest BCUT2D eigenvalue weighted by Gasteiger charge is 2.41. The summed E-state index contributed by atoms with van der Waals surface area (Å²) in [6, 6.07) is 18.2. The van der Waals surface area contributed by atoms with Crippen molar-refractivity contribution in [2.45, 2.75) is 38.5 Å². The monoisotopic (exact) mass is 607 g/mol. The largest absolute Gasteiger partial charge is 0.488 e. The second-order valence-electron chi connectivity index (χ2n) is 10.9. The lowest BCUT2D eigenvalue weighted by Crippen LogP contribution is -2.43. The fourth-order valence-corrected chi connectivity index (χ4v) is 5.42. The summed E-state index contributed by atoms with van der Waals surface area (Å²) in [6.45, 7) is 3.56. The zero-order valence-corrected chi connectivity index (χ0v) is 24.5. The summed E-state index contributed by atoms with van der Waals surface area (Å²) in [6.07, 6.45) is -2.50. The van der Waals surface area contributed by atoms with Gasteiger partial charge in [-0.1, -0.05) is 42.5 Å². The summed E-state index contributed by atoms with van der Waals surface area (Å²) in [5.74, 6) is -1.01. The van der Waals surface area contributed by atoms with Crippen LogP contribution in [0.4, 0.5) is 18.0 Å². The first kappa shape index (κ1) is 30.6. The molecule has 4 aromatic rings. The van der Waals surface area contributed by atoms with E-state index in [-0.39, 0.29) is 18.5 Å². The van der Waals surface area contributed by atoms with Crippen molar-refractivity contribution in [3.05, 3.63) is 94.8 Å². The number of carbonyl (C=O) groups is 2. The third-order valence-electron chi connectivity index (χ3n) is 7.69. The number of pyridine rings is 1. The number of aromatic nitrogens is 3. The van der Waals surface area contributed by atoms with Crippen LogP contribution < -0.4 is 4.74 Å². The molecule has 1 aliphatic rings. The molecule has 0 aliphatic carbocycles. The smallest absolute Gasteiger partial charge is 0.434 e. The lowest BCUT2D eigenvalue weighted by molar-refractivity contribution is -0.143. The molecule has 0 atom stereocenters. The highest BCUT2D eigenvalue weighted by molar-refractivity contribution is 5.89. The van der Waals surface area contributed by atoms with E-state index in [1.807, 2.05) is 30.0 Å². The number of urea groups is 1. The number of aryl methyl sites for hydroxylation is 1. The minimum absolute atomic E-state index is 0.0354. The normalized spacial score (nSPS) is 14.0. The molecule has 0 unspecified atom stereocenters. The van der Waals surface area contributed by atoms with Crippen molar-refractivity contribution in [2.75, 3.05) is 27.2 Å². The highest BCUT2D eigenvalue weighted by Crippen LogP contribution is 2.36. The van der Waals surface area contributed by atoms with Crippen molar-refractivity contribution in [3.8, 4) is 22.8 Å². The van der Waals surface area contributed by atoms with Crippen molar-refractivity contribution in [3.63, 3.8) is 0 Å². The van der Waals surface area contributed by atoms with E-state index in [1.54, 1.807) is 37.2 Å². The van der Waals surface area contributed by atoms with E-state index >= 15 is 0 Å². The second kappa shape index (κ2) is 12.4. The first-order valence-electron chi connectivity index (χ1n) is 14.1. The van der Waals surface area contributed by atoms with Crippen LogP contribution in [0.2, 0.25) is 0 Å². The van der Waals surface area contributed by atoms with Gasteiger partial charge in [-0.05, 0) is 60.6 Å². The zero-order chi connectivity index (χ0) is 31.6. The van der Waals surface area contributed by atoms with Crippen LogP contribution in [0.3, 0.4) is 0 Å². The van der Waals surface area contributed by atoms with Gasteiger partial charge in [-0.25, -0.2) is 19.3 Å². The fourth-order valence-electron chi connectivity index (χ4n) is 5.42. The molecule has 5 rings (SSSR count). The van der Waals surface area contributed by atoms with Crippen molar-refractivity contribution in [1.29, 1.82) is 0 Å². The molecule has 44 heavy (non-hydrogen) atoms. The molecular weight excluding hydrogens is 575 g/mol. The Kier molecular flexibility index (Phi) is 8.61. The van der Waals surface area contributed by atoms with E-state index in [0.717, 1.165) is 37.1 Å². The quantitative estimate of drug-likeness (QED) is 0.261. The maximum absolute atomic E-state index is 13.8. The Hall–Kier alpha value is -4.87. The minimum atomic E-state index is -4.96. The molecule has 3 heterocycles. The average molecular weight is 608 g/mol. The number of halogens is 3. The van der Waals surface area contributed by atoms with Crippen molar-refractivity contribution in [1.82, 2.24) is 24.6 Å². The number of carboxylic acids is 1. The Balaban J connectivity index is 1.33. The molecule has 2 amide bonds. The first-order chi connectivity index (χ1) is 20.9. The van der Waals surface area contributed by atoms with Gasteiger partial charge in [-0.3, -0.25) is 0 Å². The lowest BCUT2D eigenvalue weighted by Gasteiger charge is -2.33. The van der Waals surface area contributed by atoms with Crippen LogP contribution in [0.25, 0.3) is 17.1 Å². The van der Waals surface area contributed by atoms with Crippen LogP contribution in [0.5, 0.6) is 5.75 Å². The topological polar surface area (TPSA) is 101 Å². The third-order valence-corrected chi connectivity index (χ3v) is 7.69. The molecule has 2 aromatic heterocycles. The maximum Gasteiger partial charge on any atom is 0.434 e. The van der Waals surface area contributed by atoms with Gasteiger partial charge in [-0.15, -0.1) is 0 Å². The molecule has 2 aromatic carbocycles. The standard InChI is InChI=1S/C32H32F3N5O4/c1-20-6-4-7-24(26-8-5-9-27(37-26)40-29(32(33,34)35)25(18-36-40)30(41)42)28(20)44-19-21-10-12-22(13-11-21)23-14-16-39(17-15-23)31(43)38(2)3/h4-13,18,23H,14-17,19H2,1-3H3,(H,41,42). The molecular formula is C32H32F3N5O4. The van der Waals surface area contributed by atoms with Crippen LogP contribution in [-0.4, -0.2) is 68.9 Å². The number of aromatic carboxylic acids is 1. The van der Waals surface area contributed by atoms with E-state index in [2.05, 4.69) is 22.2 Å². The van der Waals surface area contributed by atoms with E-state index < -0.39 is 23.4 Å². The van der Waals surface area contributed by atoms with Crippen molar-refractivity contribution in [2.24, 2.45) is 0 Å². The molecule has 0 saturated carbocycles. The number of amides is 2. The van der Waals surface area contributed by atoms with Gasteiger partial charge in [0.15, 0.2) is 11.5 Å². The molecule has 0 bridgehead atoms. The van der Waals surface area contributed by atoms with E-state index in [4.69, 9.17) is 4.74 Å². The predicted octanol–water partition coefficient (Wildman–Crippen LogP) is 6.40. The van der Waals surface area contributed by atoms with E-state index in [9.17, 15) is 27.9 Å². The second-order valence-corrected chi connectivity index (χ2v) is 10.9. The van der Waals surface area contributed by atoms with Crippen LogP contribution >= 0.6 is 0 Å². The summed E-state index contributed by atoms with van der Waals surface area (Å²) >= 11 is 0. The van der Waals surface area contributed by atoms with Gasteiger partial charge in [0.05, 0.1) is 11.9 Å². The number of likely N-dealkylation sites (tertiary alicyclic amines) is 1. The third kappa shape index (κ3) is 6.38. The Morgan fingerprint density at radius 2 is 1.70 bits per heavy atom. The molecule has 230 valence electrons. The molecule has 1 fully saturated rings. The van der Waals surface area contributed by atoms with Crippen LogP contribution in [-0.2, 0) is 12.8 Å². The van der Waals surface area contributed by atoms with Gasteiger partial charge < -0.3 is 19.6 Å². The summed E-state index contributed by atoms with van der Waals surface area (Å²) < 4.78 is 48.2. The number of hydrogen-bond donors (Lipinski definition) is 1. The number of ether oxygens (including phenoxy) is 1. The molecule has 12 heteroatoms. The molecule has 9 nitrogen and oxygen atoms in total. The first-order valence-corrected chi connectivity index (χ1v) is 14.1.